The Labute approximate surface area is 170 Å². The highest BCUT2D eigenvalue weighted by Crippen LogP contribution is 2.46. The second-order valence-corrected chi connectivity index (χ2v) is 8.98. The fourth-order valence-electron chi connectivity index (χ4n) is 4.87. The van der Waals surface area contributed by atoms with Crippen molar-refractivity contribution in [1.82, 2.24) is 24.8 Å². The van der Waals surface area contributed by atoms with Crippen LogP contribution in [0, 0.1) is 5.92 Å². The zero-order valence-corrected chi connectivity index (χ0v) is 17.0. The molecule has 1 amide bonds. The number of piperidine rings is 1. The molecule has 0 N–H and O–H groups in total. The number of nitrogens with zero attached hydrogens (tertiary/aromatic N) is 5. The van der Waals surface area contributed by atoms with E-state index in [0.717, 1.165) is 63.6 Å². The number of likely N-dealkylation sites (tertiary alicyclic amines) is 1. The number of carbonyl (C=O) groups excluding carboxylic acids is 1. The summed E-state index contributed by atoms with van der Waals surface area (Å²) >= 11 is 0. The lowest BCUT2D eigenvalue weighted by molar-refractivity contribution is 0.0600. The summed E-state index contributed by atoms with van der Waals surface area (Å²) in [4.78, 5) is 19.9. The maximum atomic E-state index is 13.1. The summed E-state index contributed by atoms with van der Waals surface area (Å²) in [6.45, 7) is 2.90. The summed E-state index contributed by atoms with van der Waals surface area (Å²) in [5.41, 5.74) is 0.294. The van der Waals surface area contributed by atoms with E-state index in [4.69, 9.17) is 14.2 Å². The van der Waals surface area contributed by atoms with Gasteiger partial charge in [-0.1, -0.05) is 18.0 Å². The SMILES string of the molecule is Cn1ccc(C(=O)N2CCCC(CC3CC3)(c3noc(C4CCOCC4)n3)C2)n1. The van der Waals surface area contributed by atoms with Crippen molar-refractivity contribution in [2.45, 2.75) is 56.3 Å². The molecule has 3 fully saturated rings. The lowest BCUT2D eigenvalue weighted by atomic mass is 9.74. The first-order valence-corrected chi connectivity index (χ1v) is 10.8. The summed E-state index contributed by atoms with van der Waals surface area (Å²) < 4.78 is 12.9. The number of hydrogen-bond donors (Lipinski definition) is 0. The van der Waals surface area contributed by atoms with Gasteiger partial charge in [0.25, 0.3) is 5.91 Å². The summed E-state index contributed by atoms with van der Waals surface area (Å²) in [5, 5.41) is 8.76. The molecule has 8 nitrogen and oxygen atoms in total. The fraction of sp³-hybridized carbons (Fsp3) is 0.714. The number of hydrogen-bond acceptors (Lipinski definition) is 6. The predicted octanol–water partition coefficient (Wildman–Crippen LogP) is 2.67. The molecule has 5 rings (SSSR count). The van der Waals surface area contributed by atoms with E-state index in [0.29, 0.717) is 18.2 Å². The molecule has 0 spiro atoms. The van der Waals surface area contributed by atoms with Crippen LogP contribution in [-0.4, -0.2) is 57.0 Å². The van der Waals surface area contributed by atoms with Gasteiger partial charge < -0.3 is 14.2 Å². The zero-order chi connectivity index (χ0) is 19.8. The van der Waals surface area contributed by atoms with E-state index in [-0.39, 0.29) is 17.2 Å². The second kappa shape index (κ2) is 7.55. The first kappa shape index (κ1) is 18.8. The summed E-state index contributed by atoms with van der Waals surface area (Å²) in [6.07, 6.45) is 9.19. The predicted molar refractivity (Wildman–Crippen MR) is 104 cm³/mol. The molecule has 4 heterocycles. The van der Waals surface area contributed by atoms with E-state index in [1.807, 2.05) is 18.1 Å². The molecule has 0 radical (unpaired) electrons. The van der Waals surface area contributed by atoms with Crippen LogP contribution in [0.2, 0.25) is 0 Å². The van der Waals surface area contributed by atoms with Crippen LogP contribution in [0.15, 0.2) is 16.8 Å². The third-order valence-corrected chi connectivity index (χ3v) is 6.66. The van der Waals surface area contributed by atoms with Gasteiger partial charge in [0.15, 0.2) is 5.82 Å². The largest absolute Gasteiger partial charge is 0.381 e. The first-order chi connectivity index (χ1) is 14.1. The highest BCUT2D eigenvalue weighted by Gasteiger charge is 2.46. The summed E-state index contributed by atoms with van der Waals surface area (Å²) in [7, 11) is 1.83. The molecule has 1 atom stereocenters. The standard InChI is InChI=1S/C21H29N5O3/c1-25-10-5-17(23-25)19(27)26-9-2-8-21(14-26,13-15-3-4-15)20-22-18(29-24-20)16-6-11-28-12-7-16/h5,10,15-16H,2-4,6-9,11-14H2,1H3. The van der Waals surface area contributed by atoms with E-state index >= 15 is 0 Å². The van der Waals surface area contributed by atoms with Crippen LogP contribution in [0.5, 0.6) is 0 Å². The summed E-state index contributed by atoms with van der Waals surface area (Å²) in [5.74, 6) is 2.54. The molecule has 1 aliphatic carbocycles. The fourth-order valence-corrected chi connectivity index (χ4v) is 4.87. The van der Waals surface area contributed by atoms with Gasteiger partial charge in [-0.2, -0.15) is 10.1 Å². The quantitative estimate of drug-likeness (QED) is 0.768. The Bertz CT molecular complexity index is 867. The van der Waals surface area contributed by atoms with Gasteiger partial charge in [0, 0.05) is 45.5 Å². The molecule has 1 saturated carbocycles. The Balaban J connectivity index is 1.40. The van der Waals surface area contributed by atoms with Gasteiger partial charge in [-0.3, -0.25) is 9.48 Å². The van der Waals surface area contributed by atoms with Crippen LogP contribution >= 0.6 is 0 Å². The number of rotatable bonds is 5. The van der Waals surface area contributed by atoms with Gasteiger partial charge in [-0.15, -0.1) is 0 Å². The highest BCUT2D eigenvalue weighted by atomic mass is 16.5. The molecule has 8 heteroatoms. The van der Waals surface area contributed by atoms with Crippen molar-refractivity contribution in [3.63, 3.8) is 0 Å². The number of aromatic nitrogens is 4. The van der Waals surface area contributed by atoms with Crippen molar-refractivity contribution in [1.29, 1.82) is 0 Å². The van der Waals surface area contributed by atoms with Crippen LogP contribution in [-0.2, 0) is 17.2 Å². The van der Waals surface area contributed by atoms with Crippen molar-refractivity contribution < 1.29 is 14.1 Å². The van der Waals surface area contributed by atoms with Crippen LogP contribution in [0.3, 0.4) is 0 Å². The molecule has 0 aromatic carbocycles. The smallest absolute Gasteiger partial charge is 0.274 e. The lowest BCUT2D eigenvalue weighted by Gasteiger charge is -2.41. The van der Waals surface area contributed by atoms with Gasteiger partial charge in [-0.25, -0.2) is 0 Å². The molecule has 3 aliphatic rings. The van der Waals surface area contributed by atoms with Gasteiger partial charge in [0.05, 0.1) is 5.41 Å². The maximum absolute atomic E-state index is 13.1. The van der Waals surface area contributed by atoms with Gasteiger partial charge in [-0.05, 0) is 44.1 Å². The summed E-state index contributed by atoms with van der Waals surface area (Å²) in [6, 6.07) is 1.79. The van der Waals surface area contributed by atoms with Gasteiger partial charge in [0.2, 0.25) is 5.89 Å². The van der Waals surface area contributed by atoms with E-state index in [1.165, 1.54) is 12.8 Å². The Morgan fingerprint density at radius 2 is 2.10 bits per heavy atom. The minimum absolute atomic E-state index is 0.00128. The molecule has 29 heavy (non-hydrogen) atoms. The lowest BCUT2D eigenvalue weighted by Crippen LogP contribution is -2.49. The van der Waals surface area contributed by atoms with Crippen LogP contribution in [0.25, 0.3) is 0 Å². The minimum Gasteiger partial charge on any atom is -0.381 e. The van der Waals surface area contributed by atoms with Crippen LogP contribution in [0.4, 0.5) is 0 Å². The topological polar surface area (TPSA) is 86.3 Å². The number of carbonyl (C=O) groups is 1. The van der Waals surface area contributed by atoms with Gasteiger partial charge in [0.1, 0.15) is 5.69 Å². The monoisotopic (exact) mass is 399 g/mol. The Kier molecular flexibility index (Phi) is 4.89. The Morgan fingerprint density at radius 3 is 2.83 bits per heavy atom. The molecule has 0 bridgehead atoms. The maximum Gasteiger partial charge on any atom is 0.274 e. The minimum atomic E-state index is -0.212. The van der Waals surface area contributed by atoms with E-state index < -0.39 is 0 Å². The molecular weight excluding hydrogens is 370 g/mol. The number of ether oxygens (including phenoxy) is 1. The molecule has 2 aliphatic heterocycles. The van der Waals surface area contributed by atoms with E-state index in [2.05, 4.69) is 10.3 Å². The van der Waals surface area contributed by atoms with Crippen molar-refractivity contribution in [3.05, 3.63) is 29.7 Å². The zero-order valence-electron chi connectivity index (χ0n) is 17.0. The van der Waals surface area contributed by atoms with E-state index in [9.17, 15) is 4.79 Å². The number of aryl methyl sites for hydroxylation is 1. The second-order valence-electron chi connectivity index (χ2n) is 8.98. The molecule has 2 aromatic heterocycles. The molecule has 2 aromatic rings. The van der Waals surface area contributed by atoms with Crippen LogP contribution < -0.4 is 0 Å². The average Bonchev–Trinajstić information content (AvgIpc) is 3.23. The normalized spacial score (nSPS) is 26.0. The van der Waals surface area contributed by atoms with Crippen LogP contribution in [0.1, 0.15) is 73.1 Å². The molecule has 2 saturated heterocycles. The third-order valence-electron chi connectivity index (χ3n) is 6.66. The molecule has 1 unspecified atom stereocenters. The van der Waals surface area contributed by atoms with Crippen molar-refractivity contribution in [2.24, 2.45) is 13.0 Å². The van der Waals surface area contributed by atoms with Crippen molar-refractivity contribution >= 4 is 5.91 Å². The highest BCUT2D eigenvalue weighted by molar-refractivity contribution is 5.92. The third kappa shape index (κ3) is 3.82. The molecular formula is C21H29N5O3. The average molecular weight is 399 g/mol. The Hall–Kier alpha value is -2.22. The Morgan fingerprint density at radius 1 is 1.28 bits per heavy atom. The number of amides is 1. The van der Waals surface area contributed by atoms with Crippen molar-refractivity contribution in [3.8, 4) is 0 Å². The van der Waals surface area contributed by atoms with Gasteiger partial charge >= 0.3 is 0 Å². The van der Waals surface area contributed by atoms with E-state index in [1.54, 1.807) is 10.7 Å². The first-order valence-electron chi connectivity index (χ1n) is 10.8. The van der Waals surface area contributed by atoms with Crippen molar-refractivity contribution in [2.75, 3.05) is 26.3 Å². The molecule has 156 valence electrons.